The lowest BCUT2D eigenvalue weighted by molar-refractivity contribution is 0.0915. The highest BCUT2D eigenvalue weighted by molar-refractivity contribution is 6.61. The van der Waals surface area contributed by atoms with Crippen LogP contribution in [0.1, 0.15) is 25.7 Å². The highest BCUT2D eigenvalue weighted by Crippen LogP contribution is 2.23. The Morgan fingerprint density at radius 1 is 1.38 bits per heavy atom. The number of isocyanates is 1. The minimum absolute atomic E-state index is 0.0442. The first-order valence-corrected chi connectivity index (χ1v) is 4.53. The molecule has 0 saturated heterocycles. The quantitative estimate of drug-likeness (QED) is 0.392. The molecule has 1 rings (SSSR count). The number of halogens is 1. The van der Waals surface area contributed by atoms with Crippen molar-refractivity contribution in [2.45, 2.75) is 37.8 Å². The zero-order valence-electron chi connectivity index (χ0n) is 7.03. The molecule has 72 valence electrons. The van der Waals surface area contributed by atoms with Crippen LogP contribution in [-0.4, -0.2) is 23.7 Å². The standard InChI is InChI=1S/C8H10ClNO3/c9-8(12)13-7-3-1-6(2-4-7)10-5-11/h6-7H,1-4H2. The van der Waals surface area contributed by atoms with Crippen molar-refractivity contribution in [2.75, 3.05) is 0 Å². The van der Waals surface area contributed by atoms with E-state index in [2.05, 4.69) is 4.99 Å². The summed E-state index contributed by atoms with van der Waals surface area (Å²) in [6.07, 6.45) is 4.37. The first-order valence-electron chi connectivity index (χ1n) is 4.15. The fourth-order valence-electron chi connectivity index (χ4n) is 1.50. The summed E-state index contributed by atoms with van der Waals surface area (Å²) in [4.78, 5) is 23.9. The number of aliphatic imine (C=N–C) groups is 1. The Hall–Kier alpha value is -0.860. The molecule has 13 heavy (non-hydrogen) atoms. The molecule has 0 aromatic carbocycles. The average molecular weight is 204 g/mol. The molecule has 0 radical (unpaired) electrons. The molecule has 5 heteroatoms. The molecular weight excluding hydrogens is 194 g/mol. The number of nitrogens with zero attached hydrogens (tertiary/aromatic N) is 1. The Morgan fingerprint density at radius 3 is 2.46 bits per heavy atom. The van der Waals surface area contributed by atoms with Gasteiger partial charge in [0.2, 0.25) is 6.08 Å². The molecule has 1 aliphatic carbocycles. The van der Waals surface area contributed by atoms with Crippen molar-refractivity contribution in [1.29, 1.82) is 0 Å². The van der Waals surface area contributed by atoms with Gasteiger partial charge in [0, 0.05) is 11.6 Å². The summed E-state index contributed by atoms with van der Waals surface area (Å²) in [6.45, 7) is 0. The van der Waals surface area contributed by atoms with Gasteiger partial charge >= 0.3 is 5.43 Å². The fourth-order valence-corrected chi connectivity index (χ4v) is 1.62. The van der Waals surface area contributed by atoms with Gasteiger partial charge in [-0.2, -0.15) is 0 Å². The molecular formula is C8H10ClNO3. The second kappa shape index (κ2) is 5.00. The Morgan fingerprint density at radius 2 is 2.00 bits per heavy atom. The number of hydrogen-bond donors (Lipinski definition) is 0. The van der Waals surface area contributed by atoms with E-state index < -0.39 is 5.43 Å². The van der Waals surface area contributed by atoms with Crippen LogP contribution >= 0.6 is 11.6 Å². The van der Waals surface area contributed by atoms with Gasteiger partial charge in [0.05, 0.1) is 6.04 Å². The van der Waals surface area contributed by atoms with Gasteiger partial charge in [-0.05, 0) is 25.7 Å². The maximum absolute atomic E-state index is 10.4. The van der Waals surface area contributed by atoms with Crippen molar-refractivity contribution in [3.05, 3.63) is 0 Å². The molecule has 0 spiro atoms. The third-order valence-electron chi connectivity index (χ3n) is 2.14. The highest BCUT2D eigenvalue weighted by Gasteiger charge is 2.22. The van der Waals surface area contributed by atoms with Crippen LogP contribution in [0.4, 0.5) is 4.79 Å². The maximum atomic E-state index is 10.4. The van der Waals surface area contributed by atoms with Crippen LogP contribution < -0.4 is 0 Å². The van der Waals surface area contributed by atoms with Crippen molar-refractivity contribution in [3.63, 3.8) is 0 Å². The van der Waals surface area contributed by atoms with Gasteiger partial charge in [-0.1, -0.05) is 0 Å². The van der Waals surface area contributed by atoms with Crippen molar-refractivity contribution >= 4 is 23.1 Å². The molecule has 4 nitrogen and oxygen atoms in total. The lowest BCUT2D eigenvalue weighted by atomic mass is 9.93. The van der Waals surface area contributed by atoms with Crippen molar-refractivity contribution < 1.29 is 14.3 Å². The Bertz CT molecular complexity index is 230. The third-order valence-corrected chi connectivity index (χ3v) is 2.23. The van der Waals surface area contributed by atoms with Crippen LogP contribution in [0.2, 0.25) is 0 Å². The van der Waals surface area contributed by atoms with E-state index in [9.17, 15) is 9.59 Å². The normalized spacial score (nSPS) is 27.5. The number of rotatable bonds is 2. The van der Waals surface area contributed by atoms with Gasteiger partial charge in [0.15, 0.2) is 0 Å². The van der Waals surface area contributed by atoms with E-state index in [0.717, 1.165) is 12.8 Å². The molecule has 0 amide bonds. The molecule has 0 aromatic rings. The average Bonchev–Trinajstić information content (AvgIpc) is 2.08. The van der Waals surface area contributed by atoms with Crippen LogP contribution in [0, 0.1) is 0 Å². The number of carbonyl (C=O) groups is 1. The second-order valence-corrected chi connectivity index (χ2v) is 3.32. The summed E-state index contributed by atoms with van der Waals surface area (Å²) in [5, 5.41) is 0. The molecule has 1 saturated carbocycles. The minimum Gasteiger partial charge on any atom is -0.450 e. The molecule has 1 aliphatic rings. The summed E-state index contributed by atoms with van der Waals surface area (Å²) < 4.78 is 4.80. The Labute approximate surface area is 80.9 Å². The molecule has 0 aliphatic heterocycles. The second-order valence-electron chi connectivity index (χ2n) is 3.01. The van der Waals surface area contributed by atoms with Crippen LogP contribution in [-0.2, 0) is 9.53 Å². The Balaban J connectivity index is 2.30. The number of carbonyl (C=O) groups excluding carboxylic acids is 2. The van der Waals surface area contributed by atoms with Gasteiger partial charge in [-0.15, -0.1) is 0 Å². The van der Waals surface area contributed by atoms with Gasteiger partial charge in [-0.25, -0.2) is 14.6 Å². The van der Waals surface area contributed by atoms with Crippen LogP contribution in [0.5, 0.6) is 0 Å². The van der Waals surface area contributed by atoms with Crippen LogP contribution in [0.3, 0.4) is 0 Å². The van der Waals surface area contributed by atoms with Gasteiger partial charge in [-0.3, -0.25) is 0 Å². The van der Waals surface area contributed by atoms with Gasteiger partial charge < -0.3 is 4.74 Å². The third kappa shape index (κ3) is 3.57. The summed E-state index contributed by atoms with van der Waals surface area (Å²) in [6, 6.07) is 0.0442. The first-order chi connectivity index (χ1) is 6.22. The highest BCUT2D eigenvalue weighted by atomic mass is 35.5. The van der Waals surface area contributed by atoms with E-state index in [1.807, 2.05) is 0 Å². The summed E-state index contributed by atoms with van der Waals surface area (Å²) in [5.74, 6) is 0. The molecule has 0 unspecified atom stereocenters. The predicted molar refractivity (Wildman–Crippen MR) is 46.5 cm³/mol. The monoisotopic (exact) mass is 203 g/mol. The molecule has 1 fully saturated rings. The Kier molecular flexibility index (Phi) is 3.93. The summed E-state index contributed by atoms with van der Waals surface area (Å²) >= 11 is 5.06. The van der Waals surface area contributed by atoms with E-state index in [-0.39, 0.29) is 12.1 Å². The zero-order chi connectivity index (χ0) is 9.68. The molecule has 0 atom stereocenters. The van der Waals surface area contributed by atoms with E-state index in [1.54, 1.807) is 0 Å². The smallest absolute Gasteiger partial charge is 0.404 e. The van der Waals surface area contributed by atoms with E-state index in [1.165, 1.54) is 6.08 Å². The molecule has 0 bridgehead atoms. The van der Waals surface area contributed by atoms with Crippen molar-refractivity contribution in [2.24, 2.45) is 4.99 Å². The predicted octanol–water partition coefficient (Wildman–Crippen LogP) is 2.01. The first kappa shape index (κ1) is 10.2. The fraction of sp³-hybridized carbons (Fsp3) is 0.750. The topological polar surface area (TPSA) is 55.7 Å². The van der Waals surface area contributed by atoms with Crippen LogP contribution in [0.25, 0.3) is 0 Å². The van der Waals surface area contributed by atoms with Gasteiger partial charge in [0.1, 0.15) is 6.10 Å². The molecule has 0 N–H and O–H groups in total. The van der Waals surface area contributed by atoms with Gasteiger partial charge in [0.25, 0.3) is 0 Å². The summed E-state index contributed by atoms with van der Waals surface area (Å²) in [5.41, 5.74) is -0.762. The van der Waals surface area contributed by atoms with Crippen molar-refractivity contribution in [1.82, 2.24) is 0 Å². The van der Waals surface area contributed by atoms with Crippen molar-refractivity contribution in [3.8, 4) is 0 Å². The van der Waals surface area contributed by atoms with E-state index in [4.69, 9.17) is 16.3 Å². The van der Waals surface area contributed by atoms with E-state index >= 15 is 0 Å². The number of ether oxygens (including phenoxy) is 1. The lowest BCUT2D eigenvalue weighted by Crippen LogP contribution is -2.24. The molecule has 0 aromatic heterocycles. The zero-order valence-corrected chi connectivity index (χ0v) is 7.79. The van der Waals surface area contributed by atoms with Crippen LogP contribution in [0.15, 0.2) is 4.99 Å². The summed E-state index contributed by atoms with van der Waals surface area (Å²) in [7, 11) is 0. The minimum atomic E-state index is -0.762. The largest absolute Gasteiger partial charge is 0.450 e. The maximum Gasteiger partial charge on any atom is 0.404 e. The molecule has 0 heterocycles. The number of hydrogen-bond acceptors (Lipinski definition) is 4. The lowest BCUT2D eigenvalue weighted by Gasteiger charge is -2.24. The SMILES string of the molecule is O=C=NC1CCC(OC(=O)Cl)CC1. The van der Waals surface area contributed by atoms with E-state index in [0.29, 0.717) is 12.8 Å².